The van der Waals surface area contributed by atoms with Gasteiger partial charge in [0.1, 0.15) is 0 Å². The largest absolute Gasteiger partial charge is 0.454 e. The summed E-state index contributed by atoms with van der Waals surface area (Å²) in [6, 6.07) is 11.8. The van der Waals surface area contributed by atoms with Crippen molar-refractivity contribution >= 4 is 33.4 Å². The van der Waals surface area contributed by atoms with E-state index in [2.05, 4.69) is 38.4 Å². The summed E-state index contributed by atoms with van der Waals surface area (Å²) in [4.78, 5) is 4.72. The molecule has 0 amide bonds. The Morgan fingerprint density at radius 2 is 1.97 bits per heavy atom. The second kappa shape index (κ2) is 9.54. The maximum atomic E-state index is 6.36. The van der Waals surface area contributed by atoms with Crippen molar-refractivity contribution in [3.05, 3.63) is 46.4 Å². The molecular formula is C23H23BrN4O3S. The standard InChI is InChI=1S/C23H23BrN4O3S/c1-2-3-4-5-10-32-23-26-22-20(27-28-23)16-12-15(24)7-8-17(16)25-21(31-22)14-6-9-18-19(11-14)30-13-29-18/h6-9,11-12,21,25H,2-5,10,13H2,1H3. The topological polar surface area (TPSA) is 78.4 Å². The average molecular weight is 515 g/mol. The average Bonchev–Trinajstić information content (AvgIpc) is 3.21. The van der Waals surface area contributed by atoms with Crippen molar-refractivity contribution in [1.82, 2.24) is 15.2 Å². The fourth-order valence-electron chi connectivity index (χ4n) is 3.65. The van der Waals surface area contributed by atoms with E-state index in [0.29, 0.717) is 22.5 Å². The van der Waals surface area contributed by atoms with Crippen molar-refractivity contribution in [2.75, 3.05) is 17.9 Å². The summed E-state index contributed by atoms with van der Waals surface area (Å²) >= 11 is 5.18. The molecule has 3 heterocycles. The number of benzene rings is 2. The number of fused-ring (bicyclic) bond motifs is 4. The van der Waals surface area contributed by atoms with Crippen LogP contribution in [0.2, 0.25) is 0 Å². The summed E-state index contributed by atoms with van der Waals surface area (Å²) in [5, 5.41) is 13.0. The van der Waals surface area contributed by atoms with Crippen LogP contribution in [0.5, 0.6) is 17.4 Å². The predicted octanol–water partition coefficient (Wildman–Crippen LogP) is 6.21. The summed E-state index contributed by atoms with van der Waals surface area (Å²) in [7, 11) is 0. The van der Waals surface area contributed by atoms with Crippen LogP contribution in [-0.4, -0.2) is 27.7 Å². The molecule has 0 radical (unpaired) electrons. The highest BCUT2D eigenvalue weighted by Crippen LogP contribution is 2.42. The first-order valence-electron chi connectivity index (χ1n) is 10.7. The molecule has 0 saturated carbocycles. The molecule has 1 N–H and O–H groups in total. The summed E-state index contributed by atoms with van der Waals surface area (Å²) < 4.78 is 18.3. The van der Waals surface area contributed by atoms with Crippen LogP contribution in [0.15, 0.2) is 46.0 Å². The van der Waals surface area contributed by atoms with Gasteiger partial charge in [0.15, 0.2) is 23.4 Å². The lowest BCUT2D eigenvalue weighted by atomic mass is 10.1. The quantitative estimate of drug-likeness (QED) is 0.294. The van der Waals surface area contributed by atoms with Crippen LogP contribution in [0, 0.1) is 0 Å². The van der Waals surface area contributed by atoms with Gasteiger partial charge in [-0.05, 0) is 42.8 Å². The Balaban J connectivity index is 1.47. The van der Waals surface area contributed by atoms with Crippen LogP contribution in [0.3, 0.4) is 0 Å². The number of thioether (sulfide) groups is 1. The van der Waals surface area contributed by atoms with Crippen molar-refractivity contribution in [3.8, 4) is 28.6 Å². The number of hydrogen-bond donors (Lipinski definition) is 1. The molecule has 0 spiro atoms. The summed E-state index contributed by atoms with van der Waals surface area (Å²) in [5.74, 6) is 2.87. The molecule has 2 aromatic carbocycles. The van der Waals surface area contributed by atoms with Crippen molar-refractivity contribution in [1.29, 1.82) is 0 Å². The number of ether oxygens (including phenoxy) is 3. The molecular weight excluding hydrogens is 492 g/mol. The summed E-state index contributed by atoms with van der Waals surface area (Å²) in [6.07, 6.45) is 4.36. The Kier molecular flexibility index (Phi) is 6.36. The van der Waals surface area contributed by atoms with Gasteiger partial charge >= 0.3 is 0 Å². The lowest BCUT2D eigenvalue weighted by Gasteiger charge is -2.19. The van der Waals surface area contributed by atoms with Crippen LogP contribution < -0.4 is 19.5 Å². The van der Waals surface area contributed by atoms with Gasteiger partial charge in [-0.15, -0.1) is 10.2 Å². The molecule has 1 atom stereocenters. The van der Waals surface area contributed by atoms with E-state index < -0.39 is 6.23 Å². The second-order valence-corrected chi connectivity index (χ2v) is 9.58. The lowest BCUT2D eigenvalue weighted by Crippen LogP contribution is -2.17. The first kappa shape index (κ1) is 21.3. The Hall–Kier alpha value is -2.52. The van der Waals surface area contributed by atoms with Gasteiger partial charge in [-0.1, -0.05) is 53.9 Å². The Bertz CT molecular complexity index is 1130. The number of aromatic nitrogens is 3. The molecule has 2 aliphatic heterocycles. The minimum Gasteiger partial charge on any atom is -0.454 e. The molecule has 9 heteroatoms. The Morgan fingerprint density at radius 3 is 2.88 bits per heavy atom. The zero-order valence-electron chi connectivity index (χ0n) is 17.6. The number of nitrogens with zero attached hydrogens (tertiary/aromatic N) is 3. The summed E-state index contributed by atoms with van der Waals surface area (Å²) in [6.45, 7) is 2.44. The van der Waals surface area contributed by atoms with Crippen LogP contribution >= 0.6 is 27.7 Å². The monoisotopic (exact) mass is 514 g/mol. The third-order valence-corrected chi connectivity index (χ3v) is 6.73. The van der Waals surface area contributed by atoms with E-state index in [0.717, 1.165) is 39.2 Å². The molecule has 2 aliphatic rings. The molecule has 1 aromatic heterocycles. The summed E-state index contributed by atoms with van der Waals surface area (Å²) in [5.41, 5.74) is 3.30. The van der Waals surface area contributed by atoms with Crippen LogP contribution in [-0.2, 0) is 0 Å². The van der Waals surface area contributed by atoms with Crippen LogP contribution in [0.4, 0.5) is 5.69 Å². The van der Waals surface area contributed by atoms with Gasteiger partial charge in [0.2, 0.25) is 17.8 Å². The predicted molar refractivity (Wildman–Crippen MR) is 127 cm³/mol. The van der Waals surface area contributed by atoms with Crippen LogP contribution in [0.1, 0.15) is 44.4 Å². The highest BCUT2D eigenvalue weighted by Gasteiger charge is 2.27. The molecule has 0 saturated heterocycles. The maximum absolute atomic E-state index is 6.36. The number of rotatable bonds is 7. The first-order valence-corrected chi connectivity index (χ1v) is 12.5. The van der Waals surface area contributed by atoms with E-state index in [4.69, 9.17) is 19.2 Å². The fourth-order valence-corrected chi connectivity index (χ4v) is 4.79. The SMILES string of the molecule is CCCCCCSc1nnc2c(n1)OC(c1ccc3c(c1)OCO3)Nc1ccc(Br)cc1-2. The molecule has 1 unspecified atom stereocenters. The van der Waals surface area contributed by atoms with Crippen molar-refractivity contribution in [3.63, 3.8) is 0 Å². The third kappa shape index (κ3) is 4.49. The van der Waals surface area contributed by atoms with Crippen molar-refractivity contribution in [2.45, 2.75) is 44.0 Å². The first-order chi connectivity index (χ1) is 15.7. The van der Waals surface area contributed by atoms with E-state index in [1.165, 1.54) is 19.3 Å². The van der Waals surface area contributed by atoms with Crippen LogP contribution in [0.25, 0.3) is 11.3 Å². The number of halogens is 1. The smallest absolute Gasteiger partial charge is 0.247 e. The number of anilines is 1. The second-order valence-electron chi connectivity index (χ2n) is 7.60. The number of unbranched alkanes of at least 4 members (excludes halogenated alkanes) is 3. The Morgan fingerprint density at radius 1 is 1.06 bits per heavy atom. The molecule has 5 rings (SSSR count). The third-order valence-electron chi connectivity index (χ3n) is 5.32. The van der Waals surface area contributed by atoms with Gasteiger partial charge < -0.3 is 19.5 Å². The normalized spacial score (nSPS) is 15.9. The van der Waals surface area contributed by atoms with Crippen molar-refractivity contribution < 1.29 is 14.2 Å². The van der Waals surface area contributed by atoms with Gasteiger partial charge in [-0.3, -0.25) is 0 Å². The lowest BCUT2D eigenvalue weighted by molar-refractivity contribution is 0.173. The highest BCUT2D eigenvalue weighted by atomic mass is 79.9. The van der Waals surface area contributed by atoms with E-state index in [9.17, 15) is 0 Å². The maximum Gasteiger partial charge on any atom is 0.247 e. The zero-order valence-corrected chi connectivity index (χ0v) is 20.0. The molecule has 166 valence electrons. The van der Waals surface area contributed by atoms with Gasteiger partial charge in [0, 0.05) is 27.0 Å². The number of nitrogens with one attached hydrogen (secondary N) is 1. The zero-order chi connectivity index (χ0) is 21.9. The molecule has 3 aromatic rings. The van der Waals surface area contributed by atoms with Gasteiger partial charge in [-0.25, -0.2) is 0 Å². The van der Waals surface area contributed by atoms with Crippen molar-refractivity contribution in [2.24, 2.45) is 0 Å². The fraction of sp³-hybridized carbons (Fsp3) is 0.348. The minimum absolute atomic E-state index is 0.230. The molecule has 0 aliphatic carbocycles. The van der Waals surface area contributed by atoms with E-state index in [1.807, 2.05) is 36.4 Å². The molecule has 32 heavy (non-hydrogen) atoms. The van der Waals surface area contributed by atoms with E-state index in [-0.39, 0.29) is 6.79 Å². The minimum atomic E-state index is -0.468. The van der Waals surface area contributed by atoms with Gasteiger partial charge in [0.25, 0.3) is 0 Å². The van der Waals surface area contributed by atoms with Gasteiger partial charge in [-0.2, -0.15) is 4.98 Å². The van der Waals surface area contributed by atoms with E-state index >= 15 is 0 Å². The van der Waals surface area contributed by atoms with Gasteiger partial charge in [0.05, 0.1) is 0 Å². The molecule has 7 nitrogen and oxygen atoms in total. The number of hydrogen-bond acceptors (Lipinski definition) is 8. The molecule has 0 fully saturated rings. The van der Waals surface area contributed by atoms with E-state index in [1.54, 1.807) is 11.8 Å². The molecule has 0 bridgehead atoms. The Labute approximate surface area is 199 Å². The highest BCUT2D eigenvalue weighted by molar-refractivity contribution is 9.10.